The maximum atomic E-state index is 12.1. The molecule has 2 heterocycles. The molecule has 5 rings (SSSR count). The first-order chi connectivity index (χ1) is 20.4. The predicted molar refractivity (Wildman–Crippen MR) is 160 cm³/mol. The van der Waals surface area contributed by atoms with Crippen LogP contribution in [0.3, 0.4) is 0 Å². The van der Waals surface area contributed by atoms with E-state index in [9.17, 15) is 9.90 Å². The summed E-state index contributed by atoms with van der Waals surface area (Å²) in [5, 5.41) is 9.91. The standard InChI is InChI=1S/C33H36N4O5/c1-3-40-32-34-29(37-20-18-36(19-21-37)24-26-10-6-4-7-11-26)22-30(35-32)41-27-16-14-25(15-17-27)23-33(2,31(38)39)42-28-12-8-5-9-13-28/h4-17,22H,3,18-21,23-24H2,1-2H3,(H,38,39). The number of rotatable bonds is 12. The molecule has 218 valence electrons. The Labute approximate surface area is 246 Å². The number of aliphatic carboxylic acids is 1. The van der Waals surface area contributed by atoms with E-state index in [1.807, 2.05) is 49.4 Å². The molecule has 4 aromatic rings. The van der Waals surface area contributed by atoms with Gasteiger partial charge in [0.05, 0.1) is 6.61 Å². The lowest BCUT2D eigenvalue weighted by Gasteiger charge is -2.35. The molecule has 0 bridgehead atoms. The molecule has 3 aromatic carbocycles. The van der Waals surface area contributed by atoms with Crippen LogP contribution in [0.2, 0.25) is 0 Å². The highest BCUT2D eigenvalue weighted by Gasteiger charge is 2.36. The van der Waals surface area contributed by atoms with E-state index in [1.54, 1.807) is 31.2 Å². The van der Waals surface area contributed by atoms with Gasteiger partial charge in [0.25, 0.3) is 0 Å². The van der Waals surface area contributed by atoms with Gasteiger partial charge in [-0.2, -0.15) is 9.97 Å². The first-order valence-corrected chi connectivity index (χ1v) is 14.2. The van der Waals surface area contributed by atoms with Crippen molar-refractivity contribution >= 4 is 11.8 Å². The van der Waals surface area contributed by atoms with Crippen molar-refractivity contribution in [3.05, 3.63) is 102 Å². The van der Waals surface area contributed by atoms with Crippen molar-refractivity contribution in [1.82, 2.24) is 14.9 Å². The third-order valence-corrected chi connectivity index (χ3v) is 7.11. The Morgan fingerprint density at radius 3 is 2.17 bits per heavy atom. The average Bonchev–Trinajstić information content (AvgIpc) is 2.99. The van der Waals surface area contributed by atoms with Crippen LogP contribution in [-0.4, -0.2) is 64.3 Å². The molecule has 1 N–H and O–H groups in total. The monoisotopic (exact) mass is 568 g/mol. The smallest absolute Gasteiger partial charge is 0.348 e. The van der Waals surface area contributed by atoms with Crippen LogP contribution in [0.15, 0.2) is 91.0 Å². The first-order valence-electron chi connectivity index (χ1n) is 14.2. The molecular formula is C33H36N4O5. The van der Waals surface area contributed by atoms with Gasteiger partial charge in [0.1, 0.15) is 17.3 Å². The number of piperazine rings is 1. The largest absolute Gasteiger partial charge is 0.478 e. The highest BCUT2D eigenvalue weighted by molar-refractivity contribution is 5.78. The Kier molecular flexibility index (Phi) is 9.18. The Morgan fingerprint density at radius 2 is 1.52 bits per heavy atom. The molecule has 0 amide bonds. The number of carboxylic acid groups (broad SMARTS) is 1. The van der Waals surface area contributed by atoms with Crippen molar-refractivity contribution in [2.75, 3.05) is 37.7 Å². The molecule has 1 aliphatic heterocycles. The van der Waals surface area contributed by atoms with E-state index in [0.29, 0.717) is 24.0 Å². The van der Waals surface area contributed by atoms with E-state index in [4.69, 9.17) is 14.2 Å². The van der Waals surface area contributed by atoms with Crippen LogP contribution in [0, 0.1) is 0 Å². The van der Waals surface area contributed by atoms with Crippen molar-refractivity contribution in [1.29, 1.82) is 0 Å². The molecule has 1 fully saturated rings. The topological polar surface area (TPSA) is 97.2 Å². The van der Waals surface area contributed by atoms with Gasteiger partial charge in [0, 0.05) is 45.2 Å². The lowest BCUT2D eigenvalue weighted by atomic mass is 9.96. The van der Waals surface area contributed by atoms with Gasteiger partial charge in [-0.3, -0.25) is 4.90 Å². The Morgan fingerprint density at radius 1 is 0.857 bits per heavy atom. The number of nitrogens with zero attached hydrogens (tertiary/aromatic N) is 4. The molecule has 1 unspecified atom stereocenters. The van der Waals surface area contributed by atoms with Crippen LogP contribution in [0.4, 0.5) is 5.82 Å². The van der Waals surface area contributed by atoms with Crippen molar-refractivity contribution in [2.45, 2.75) is 32.4 Å². The zero-order chi connectivity index (χ0) is 29.4. The lowest BCUT2D eigenvalue weighted by molar-refractivity contribution is -0.153. The molecule has 0 radical (unpaired) electrons. The molecule has 9 nitrogen and oxygen atoms in total. The summed E-state index contributed by atoms with van der Waals surface area (Å²) < 4.78 is 17.6. The molecule has 0 saturated carbocycles. The number of hydrogen-bond donors (Lipinski definition) is 1. The summed E-state index contributed by atoms with van der Waals surface area (Å²) in [6.07, 6.45) is 0.180. The summed E-state index contributed by atoms with van der Waals surface area (Å²) in [5.74, 6) is 1.18. The van der Waals surface area contributed by atoms with Crippen LogP contribution in [0.5, 0.6) is 23.4 Å². The Bertz CT molecular complexity index is 1440. The molecule has 1 aromatic heterocycles. The maximum absolute atomic E-state index is 12.1. The minimum Gasteiger partial charge on any atom is -0.478 e. The fourth-order valence-corrected chi connectivity index (χ4v) is 4.87. The molecule has 1 aliphatic rings. The van der Waals surface area contributed by atoms with E-state index in [0.717, 1.165) is 44.1 Å². The number of ether oxygens (including phenoxy) is 3. The molecule has 0 aliphatic carbocycles. The lowest BCUT2D eigenvalue weighted by Crippen LogP contribution is -2.46. The van der Waals surface area contributed by atoms with E-state index >= 15 is 0 Å². The summed E-state index contributed by atoms with van der Waals surface area (Å²) in [6, 6.07) is 28.8. The second-order valence-electron chi connectivity index (χ2n) is 10.4. The van der Waals surface area contributed by atoms with Gasteiger partial charge in [-0.1, -0.05) is 60.7 Å². The van der Waals surface area contributed by atoms with Gasteiger partial charge in [0.15, 0.2) is 0 Å². The van der Waals surface area contributed by atoms with Crippen molar-refractivity contribution in [3.63, 3.8) is 0 Å². The zero-order valence-corrected chi connectivity index (χ0v) is 24.0. The van der Waals surface area contributed by atoms with Gasteiger partial charge in [0.2, 0.25) is 11.5 Å². The Hall–Kier alpha value is -4.63. The highest BCUT2D eigenvalue weighted by atomic mass is 16.5. The van der Waals surface area contributed by atoms with Crippen molar-refractivity contribution < 1.29 is 24.1 Å². The van der Waals surface area contributed by atoms with Crippen LogP contribution in [0.1, 0.15) is 25.0 Å². The molecular weight excluding hydrogens is 532 g/mol. The second-order valence-corrected chi connectivity index (χ2v) is 10.4. The number of carboxylic acids is 1. The van der Waals surface area contributed by atoms with E-state index < -0.39 is 11.6 Å². The van der Waals surface area contributed by atoms with Gasteiger partial charge in [-0.25, -0.2) is 4.79 Å². The third kappa shape index (κ3) is 7.55. The number of hydrogen-bond acceptors (Lipinski definition) is 8. The molecule has 9 heteroatoms. The normalized spacial score (nSPS) is 15.0. The molecule has 1 atom stereocenters. The number of benzene rings is 3. The fourth-order valence-electron chi connectivity index (χ4n) is 4.87. The van der Waals surface area contributed by atoms with Crippen molar-refractivity contribution in [3.8, 4) is 23.4 Å². The predicted octanol–water partition coefficient (Wildman–Crippen LogP) is 5.45. The number of para-hydroxylation sites is 1. The first kappa shape index (κ1) is 28.9. The van der Waals surface area contributed by atoms with Gasteiger partial charge in [-0.05, 0) is 49.2 Å². The molecule has 42 heavy (non-hydrogen) atoms. The van der Waals surface area contributed by atoms with Crippen LogP contribution in [0.25, 0.3) is 0 Å². The van der Waals surface area contributed by atoms with E-state index in [-0.39, 0.29) is 12.4 Å². The summed E-state index contributed by atoms with van der Waals surface area (Å²) in [4.78, 5) is 25.8. The SMILES string of the molecule is CCOc1nc(Oc2ccc(CC(C)(Oc3ccccc3)C(=O)O)cc2)cc(N2CCN(Cc3ccccc3)CC2)n1. The van der Waals surface area contributed by atoms with Crippen molar-refractivity contribution in [2.24, 2.45) is 0 Å². The zero-order valence-electron chi connectivity index (χ0n) is 24.0. The average molecular weight is 569 g/mol. The van der Waals surface area contributed by atoms with Gasteiger partial charge >= 0.3 is 12.0 Å². The van der Waals surface area contributed by atoms with Crippen LogP contribution in [-0.2, 0) is 17.8 Å². The van der Waals surface area contributed by atoms with Crippen LogP contribution < -0.4 is 19.1 Å². The maximum Gasteiger partial charge on any atom is 0.348 e. The summed E-state index contributed by atoms with van der Waals surface area (Å²) in [6.45, 7) is 8.34. The van der Waals surface area contributed by atoms with E-state index in [1.165, 1.54) is 5.56 Å². The molecule has 1 saturated heterocycles. The fraction of sp³-hybridized carbons (Fsp3) is 0.303. The summed E-state index contributed by atoms with van der Waals surface area (Å²) >= 11 is 0. The minimum absolute atomic E-state index is 0.180. The van der Waals surface area contributed by atoms with Crippen LogP contribution >= 0.6 is 0 Å². The second kappa shape index (κ2) is 13.4. The summed E-state index contributed by atoms with van der Waals surface area (Å²) in [7, 11) is 0. The van der Waals surface area contributed by atoms with E-state index in [2.05, 4.69) is 44.0 Å². The number of aromatic nitrogens is 2. The van der Waals surface area contributed by atoms with Gasteiger partial charge < -0.3 is 24.2 Å². The summed E-state index contributed by atoms with van der Waals surface area (Å²) in [5.41, 5.74) is 0.683. The minimum atomic E-state index is -1.43. The van der Waals surface area contributed by atoms with Gasteiger partial charge in [-0.15, -0.1) is 0 Å². The third-order valence-electron chi connectivity index (χ3n) is 7.11. The molecule has 0 spiro atoms. The number of anilines is 1. The quantitative estimate of drug-likeness (QED) is 0.239. The Balaban J connectivity index is 1.24. The number of carbonyl (C=O) groups is 1. The highest BCUT2D eigenvalue weighted by Crippen LogP contribution is 2.28.